The molecule has 0 amide bonds. The van der Waals surface area contributed by atoms with Gasteiger partial charge in [-0.25, -0.2) is 0 Å². The number of fused-ring (bicyclic) bond motifs is 3. The van der Waals surface area contributed by atoms with Gasteiger partial charge in [-0.1, -0.05) is 72.8 Å². The van der Waals surface area contributed by atoms with Gasteiger partial charge >= 0.3 is 0 Å². The Morgan fingerprint density at radius 1 is 0.444 bits per heavy atom. The van der Waals surface area contributed by atoms with Crippen molar-refractivity contribution in [3.8, 4) is 22.6 Å². The second-order valence-corrected chi connectivity index (χ2v) is 6.25. The van der Waals surface area contributed by atoms with E-state index in [0.29, 0.717) is 11.1 Å². The van der Waals surface area contributed by atoms with Crippen molar-refractivity contribution in [3.63, 3.8) is 0 Å². The zero-order valence-corrected chi connectivity index (χ0v) is 14.6. The lowest BCUT2D eigenvalue weighted by Gasteiger charge is -2.05. The fraction of sp³-hybridized carbons (Fsp3) is 0. The highest BCUT2D eigenvalue weighted by Gasteiger charge is 2.06. The molecule has 0 spiro atoms. The second kappa shape index (κ2) is 7.26. The molecular weight excluding hydrogens is 334 g/mol. The maximum atomic E-state index is 9.58. The molecule has 0 unspecified atom stereocenters. The van der Waals surface area contributed by atoms with E-state index >= 15 is 0 Å². The van der Waals surface area contributed by atoms with E-state index in [1.807, 2.05) is 12.1 Å². The number of phenolic OH excluding ortho intramolecular Hbond substituents is 2. The van der Waals surface area contributed by atoms with Crippen LogP contribution in [0.15, 0.2) is 97.1 Å². The van der Waals surface area contributed by atoms with Gasteiger partial charge < -0.3 is 15.2 Å². The van der Waals surface area contributed by atoms with E-state index in [1.165, 1.54) is 21.8 Å². The van der Waals surface area contributed by atoms with E-state index in [0.717, 1.165) is 0 Å². The summed E-state index contributed by atoms with van der Waals surface area (Å²) >= 11 is 0. The zero-order chi connectivity index (χ0) is 18.6. The third-order valence-electron chi connectivity index (χ3n) is 4.51. The lowest BCUT2D eigenvalue weighted by atomic mass is 10.0. The summed E-state index contributed by atoms with van der Waals surface area (Å²) < 4.78 is 0. The molecule has 1 heterocycles. The van der Waals surface area contributed by atoms with Crippen LogP contribution in [0, 0.1) is 0 Å². The Kier molecular flexibility index (Phi) is 4.50. The molecule has 0 radical (unpaired) electrons. The summed E-state index contributed by atoms with van der Waals surface area (Å²) in [6, 6.07) is 30.6. The smallest absolute Gasteiger partial charge is 0.123 e. The maximum absolute atomic E-state index is 9.58. The number of nitrogens with one attached hydrogen (secondary N) is 1. The molecule has 0 bridgehead atoms. The van der Waals surface area contributed by atoms with Gasteiger partial charge in [0.25, 0.3) is 0 Å². The molecule has 5 rings (SSSR count). The van der Waals surface area contributed by atoms with Crippen LogP contribution < -0.4 is 0 Å². The molecule has 0 saturated heterocycles. The van der Waals surface area contributed by atoms with Gasteiger partial charge in [0, 0.05) is 32.9 Å². The topological polar surface area (TPSA) is 56.2 Å². The van der Waals surface area contributed by atoms with Crippen LogP contribution in [0.5, 0.6) is 11.5 Å². The van der Waals surface area contributed by atoms with Crippen LogP contribution in [0.3, 0.4) is 0 Å². The quantitative estimate of drug-likeness (QED) is 0.342. The van der Waals surface area contributed by atoms with Gasteiger partial charge in [-0.3, -0.25) is 0 Å². The van der Waals surface area contributed by atoms with Crippen LogP contribution in [-0.2, 0) is 0 Å². The number of rotatable bonds is 1. The molecule has 0 atom stereocenters. The summed E-state index contributed by atoms with van der Waals surface area (Å²) in [6.45, 7) is 0. The average molecular weight is 353 g/mol. The first-order valence-corrected chi connectivity index (χ1v) is 8.76. The Hall–Kier alpha value is -3.72. The van der Waals surface area contributed by atoms with E-state index in [9.17, 15) is 10.2 Å². The first kappa shape index (κ1) is 16.7. The Bertz CT molecular complexity index is 1110. The number of benzene rings is 4. The van der Waals surface area contributed by atoms with Gasteiger partial charge in [-0.05, 0) is 24.3 Å². The molecule has 0 aliphatic carbocycles. The standard InChI is InChI=1S/C12H9N.C12H10O2/c1-3-7-11-9(5-1)10-6-2-4-8-12(10)13-11;13-11-7-3-1-5-9(11)10-6-2-4-8-12(10)14/h1-8,13H;1-8,13-14H. The first-order chi connectivity index (χ1) is 13.2. The maximum Gasteiger partial charge on any atom is 0.123 e. The highest BCUT2D eigenvalue weighted by atomic mass is 16.3. The van der Waals surface area contributed by atoms with Crippen molar-refractivity contribution in [2.24, 2.45) is 0 Å². The lowest BCUT2D eigenvalue weighted by Crippen LogP contribution is -1.79. The number of hydrogen-bond acceptors (Lipinski definition) is 2. The third kappa shape index (κ3) is 3.35. The number of aromatic hydroxyl groups is 2. The fourth-order valence-corrected chi connectivity index (χ4v) is 3.20. The third-order valence-corrected chi connectivity index (χ3v) is 4.51. The zero-order valence-electron chi connectivity index (χ0n) is 14.6. The molecule has 3 N–H and O–H groups in total. The molecule has 1 aromatic heterocycles. The van der Waals surface area contributed by atoms with Gasteiger partial charge in [-0.2, -0.15) is 0 Å². The monoisotopic (exact) mass is 353 g/mol. The summed E-state index contributed by atoms with van der Waals surface area (Å²) in [4.78, 5) is 3.38. The Morgan fingerprint density at radius 3 is 1.26 bits per heavy atom. The predicted octanol–water partition coefficient (Wildman–Crippen LogP) is 6.09. The summed E-state index contributed by atoms with van der Waals surface area (Å²) in [5, 5.41) is 21.8. The van der Waals surface area contributed by atoms with Crippen LogP contribution >= 0.6 is 0 Å². The first-order valence-electron chi connectivity index (χ1n) is 8.76. The minimum Gasteiger partial charge on any atom is -0.507 e. The van der Waals surface area contributed by atoms with Crippen LogP contribution in [0.1, 0.15) is 0 Å². The van der Waals surface area contributed by atoms with E-state index in [2.05, 4.69) is 53.5 Å². The Balaban J connectivity index is 0.000000134. The molecule has 0 fully saturated rings. The fourth-order valence-electron chi connectivity index (χ4n) is 3.20. The van der Waals surface area contributed by atoms with Gasteiger partial charge in [0.2, 0.25) is 0 Å². The van der Waals surface area contributed by atoms with Crippen molar-refractivity contribution in [2.75, 3.05) is 0 Å². The largest absolute Gasteiger partial charge is 0.507 e. The van der Waals surface area contributed by atoms with Crippen molar-refractivity contribution in [1.29, 1.82) is 0 Å². The Labute approximate surface area is 157 Å². The molecule has 3 nitrogen and oxygen atoms in total. The van der Waals surface area contributed by atoms with Crippen molar-refractivity contribution in [2.45, 2.75) is 0 Å². The number of H-pyrrole nitrogens is 1. The highest BCUT2D eigenvalue weighted by Crippen LogP contribution is 2.34. The van der Waals surface area contributed by atoms with E-state index < -0.39 is 0 Å². The van der Waals surface area contributed by atoms with Crippen molar-refractivity contribution >= 4 is 21.8 Å². The minimum atomic E-state index is 0.175. The normalized spacial score (nSPS) is 10.5. The van der Waals surface area contributed by atoms with E-state index in [-0.39, 0.29) is 11.5 Å². The van der Waals surface area contributed by atoms with Crippen molar-refractivity contribution in [1.82, 2.24) is 4.98 Å². The highest BCUT2D eigenvalue weighted by molar-refractivity contribution is 6.06. The number of hydrogen-bond donors (Lipinski definition) is 3. The molecule has 132 valence electrons. The lowest BCUT2D eigenvalue weighted by molar-refractivity contribution is 0.469. The number of phenols is 2. The Morgan fingerprint density at radius 2 is 0.815 bits per heavy atom. The molecule has 5 aromatic rings. The molecule has 4 aromatic carbocycles. The van der Waals surface area contributed by atoms with Crippen LogP contribution in [0.2, 0.25) is 0 Å². The SMILES string of the molecule is Oc1ccccc1-c1ccccc1O.c1ccc2c(c1)[nH]c1ccccc12. The van der Waals surface area contributed by atoms with Gasteiger partial charge in [-0.15, -0.1) is 0 Å². The molecule has 27 heavy (non-hydrogen) atoms. The summed E-state index contributed by atoms with van der Waals surface area (Å²) in [5.41, 5.74) is 3.71. The second-order valence-electron chi connectivity index (χ2n) is 6.25. The molecular formula is C24H19NO2. The van der Waals surface area contributed by atoms with Crippen LogP contribution in [0.4, 0.5) is 0 Å². The number of aromatic nitrogens is 1. The van der Waals surface area contributed by atoms with Gasteiger partial charge in [0.15, 0.2) is 0 Å². The summed E-state index contributed by atoms with van der Waals surface area (Å²) in [7, 11) is 0. The number of aromatic amines is 1. The summed E-state index contributed by atoms with van der Waals surface area (Å²) in [6.07, 6.45) is 0. The predicted molar refractivity (Wildman–Crippen MR) is 111 cm³/mol. The molecule has 3 heteroatoms. The van der Waals surface area contributed by atoms with Gasteiger partial charge in [0.1, 0.15) is 11.5 Å². The van der Waals surface area contributed by atoms with E-state index in [4.69, 9.17) is 0 Å². The average Bonchev–Trinajstić information content (AvgIpc) is 3.08. The molecule has 0 aliphatic heterocycles. The van der Waals surface area contributed by atoms with Crippen LogP contribution in [-0.4, -0.2) is 15.2 Å². The molecule has 0 aliphatic rings. The van der Waals surface area contributed by atoms with Crippen molar-refractivity contribution in [3.05, 3.63) is 97.1 Å². The molecule has 0 saturated carbocycles. The van der Waals surface area contributed by atoms with Crippen molar-refractivity contribution < 1.29 is 10.2 Å². The van der Waals surface area contributed by atoms with E-state index in [1.54, 1.807) is 36.4 Å². The van der Waals surface area contributed by atoms with Gasteiger partial charge in [0.05, 0.1) is 0 Å². The summed E-state index contributed by atoms with van der Waals surface area (Å²) in [5.74, 6) is 0.350. The minimum absolute atomic E-state index is 0.175. The number of para-hydroxylation sites is 4. The van der Waals surface area contributed by atoms with Crippen LogP contribution in [0.25, 0.3) is 32.9 Å².